The number of pyridine rings is 1. The molecule has 0 saturated carbocycles. The summed E-state index contributed by atoms with van der Waals surface area (Å²) in [6.07, 6.45) is -3.69. The van der Waals surface area contributed by atoms with Crippen LogP contribution in [0.4, 0.5) is 19.0 Å². The molecular formula is C14H15F3N2. The molecule has 2 rings (SSSR count). The van der Waals surface area contributed by atoms with Gasteiger partial charge in [0.2, 0.25) is 0 Å². The van der Waals surface area contributed by atoms with E-state index in [2.05, 4.69) is 4.98 Å². The molecule has 1 aromatic heterocycles. The minimum Gasteiger partial charge on any atom is -0.383 e. The standard InChI is InChI=1S/C14H15F3N2/c1-3-8-6-5-7-10-11(8)12(14(15,16)17)9(4-2)13(18)19-10/h5-7H,3-4H2,1-2H3,(H2,18,19). The van der Waals surface area contributed by atoms with E-state index < -0.39 is 11.7 Å². The Balaban J connectivity index is 3.00. The number of nitrogens with zero attached hydrogens (tertiary/aromatic N) is 1. The molecule has 0 atom stereocenters. The molecule has 0 unspecified atom stereocenters. The first-order chi connectivity index (χ1) is 8.90. The summed E-state index contributed by atoms with van der Waals surface area (Å²) in [6.45, 7) is 3.49. The third-order valence-corrected chi connectivity index (χ3v) is 3.25. The summed E-state index contributed by atoms with van der Waals surface area (Å²) in [5, 5.41) is 0.184. The van der Waals surface area contributed by atoms with Crippen LogP contribution in [0.5, 0.6) is 0 Å². The van der Waals surface area contributed by atoms with Crippen molar-refractivity contribution in [1.29, 1.82) is 0 Å². The molecule has 2 N–H and O–H groups in total. The van der Waals surface area contributed by atoms with E-state index in [4.69, 9.17) is 5.73 Å². The van der Waals surface area contributed by atoms with Gasteiger partial charge in [-0.25, -0.2) is 4.98 Å². The van der Waals surface area contributed by atoms with Gasteiger partial charge in [-0.15, -0.1) is 0 Å². The molecule has 0 amide bonds. The van der Waals surface area contributed by atoms with Crippen LogP contribution in [-0.2, 0) is 19.0 Å². The summed E-state index contributed by atoms with van der Waals surface area (Å²) in [4.78, 5) is 4.11. The van der Waals surface area contributed by atoms with Gasteiger partial charge in [-0.1, -0.05) is 26.0 Å². The van der Waals surface area contributed by atoms with E-state index in [0.29, 0.717) is 17.5 Å². The van der Waals surface area contributed by atoms with Crippen molar-refractivity contribution in [3.63, 3.8) is 0 Å². The van der Waals surface area contributed by atoms with Crippen molar-refractivity contribution < 1.29 is 13.2 Å². The van der Waals surface area contributed by atoms with E-state index in [-0.39, 0.29) is 23.2 Å². The fourth-order valence-corrected chi connectivity index (χ4v) is 2.41. The number of fused-ring (bicyclic) bond motifs is 1. The van der Waals surface area contributed by atoms with Crippen LogP contribution in [0.15, 0.2) is 18.2 Å². The Kier molecular flexibility index (Phi) is 3.39. The highest BCUT2D eigenvalue weighted by molar-refractivity contribution is 5.89. The quantitative estimate of drug-likeness (QED) is 0.895. The van der Waals surface area contributed by atoms with E-state index in [1.165, 1.54) is 0 Å². The molecule has 0 bridgehead atoms. The van der Waals surface area contributed by atoms with E-state index in [1.807, 2.05) is 6.92 Å². The Labute approximate surface area is 109 Å². The second kappa shape index (κ2) is 4.72. The second-order valence-corrected chi connectivity index (χ2v) is 4.37. The van der Waals surface area contributed by atoms with E-state index in [0.717, 1.165) is 0 Å². The molecule has 102 valence electrons. The minimum atomic E-state index is -4.42. The highest BCUT2D eigenvalue weighted by Crippen LogP contribution is 2.40. The van der Waals surface area contributed by atoms with Gasteiger partial charge in [0.15, 0.2) is 0 Å². The minimum absolute atomic E-state index is 0.0319. The maximum atomic E-state index is 13.4. The number of benzene rings is 1. The van der Waals surface area contributed by atoms with Crippen molar-refractivity contribution in [2.75, 3.05) is 5.73 Å². The molecule has 5 heteroatoms. The molecular weight excluding hydrogens is 253 g/mol. The lowest BCUT2D eigenvalue weighted by atomic mass is 9.95. The van der Waals surface area contributed by atoms with Gasteiger partial charge in [0.25, 0.3) is 0 Å². The Bertz CT molecular complexity index is 618. The Morgan fingerprint density at radius 1 is 1.16 bits per heavy atom. The maximum absolute atomic E-state index is 13.4. The number of anilines is 1. The van der Waals surface area contributed by atoms with Gasteiger partial charge in [0.1, 0.15) is 5.82 Å². The molecule has 2 nitrogen and oxygen atoms in total. The maximum Gasteiger partial charge on any atom is 0.417 e. The van der Waals surface area contributed by atoms with Gasteiger partial charge < -0.3 is 5.73 Å². The Morgan fingerprint density at radius 2 is 1.84 bits per heavy atom. The molecule has 0 radical (unpaired) electrons. The second-order valence-electron chi connectivity index (χ2n) is 4.37. The first kappa shape index (κ1) is 13.6. The molecule has 0 fully saturated rings. The fraction of sp³-hybridized carbons (Fsp3) is 0.357. The summed E-state index contributed by atoms with van der Waals surface area (Å²) in [6, 6.07) is 4.98. The average molecular weight is 268 g/mol. The molecule has 1 heterocycles. The Morgan fingerprint density at radius 3 is 2.37 bits per heavy atom. The van der Waals surface area contributed by atoms with Crippen LogP contribution < -0.4 is 5.73 Å². The van der Waals surface area contributed by atoms with Crippen molar-refractivity contribution in [3.8, 4) is 0 Å². The Hall–Kier alpha value is -1.78. The first-order valence-corrected chi connectivity index (χ1v) is 6.17. The number of nitrogens with two attached hydrogens (primary N) is 1. The lowest BCUT2D eigenvalue weighted by Crippen LogP contribution is -2.14. The number of halogens is 3. The lowest BCUT2D eigenvalue weighted by Gasteiger charge is -2.18. The predicted octanol–water partition coefficient (Wildman–Crippen LogP) is 3.96. The fourth-order valence-electron chi connectivity index (χ4n) is 2.41. The molecule has 1 aromatic carbocycles. The lowest BCUT2D eigenvalue weighted by molar-refractivity contribution is -0.136. The van der Waals surface area contributed by atoms with E-state index in [9.17, 15) is 13.2 Å². The monoisotopic (exact) mass is 268 g/mol. The largest absolute Gasteiger partial charge is 0.417 e. The number of aromatic nitrogens is 1. The number of rotatable bonds is 2. The number of hydrogen-bond donors (Lipinski definition) is 1. The molecule has 0 aliphatic carbocycles. The molecule has 2 aromatic rings. The summed E-state index contributed by atoms with van der Waals surface area (Å²) in [7, 11) is 0. The van der Waals surface area contributed by atoms with Crippen LogP contribution in [0.2, 0.25) is 0 Å². The third kappa shape index (κ3) is 2.25. The zero-order chi connectivity index (χ0) is 14.2. The summed E-state index contributed by atoms with van der Waals surface area (Å²) >= 11 is 0. The summed E-state index contributed by atoms with van der Waals surface area (Å²) < 4.78 is 40.1. The van der Waals surface area contributed by atoms with Crippen molar-refractivity contribution in [3.05, 3.63) is 34.9 Å². The highest BCUT2D eigenvalue weighted by Gasteiger charge is 2.37. The van der Waals surface area contributed by atoms with Gasteiger partial charge in [0.05, 0.1) is 11.1 Å². The predicted molar refractivity (Wildman–Crippen MR) is 69.9 cm³/mol. The van der Waals surface area contributed by atoms with Crippen molar-refractivity contribution in [2.24, 2.45) is 0 Å². The van der Waals surface area contributed by atoms with E-state index in [1.54, 1.807) is 25.1 Å². The third-order valence-electron chi connectivity index (χ3n) is 3.25. The average Bonchev–Trinajstić information content (AvgIpc) is 2.34. The summed E-state index contributed by atoms with van der Waals surface area (Å²) in [5.41, 5.74) is 6.08. The molecule has 0 saturated heterocycles. The number of alkyl halides is 3. The van der Waals surface area contributed by atoms with Gasteiger partial charge in [-0.3, -0.25) is 0 Å². The van der Waals surface area contributed by atoms with Gasteiger partial charge in [-0.2, -0.15) is 13.2 Å². The van der Waals surface area contributed by atoms with Crippen LogP contribution in [0.1, 0.15) is 30.5 Å². The zero-order valence-electron chi connectivity index (χ0n) is 10.8. The SMILES string of the molecule is CCc1c(N)nc2cccc(CC)c2c1C(F)(F)F. The van der Waals surface area contributed by atoms with Crippen molar-refractivity contribution >= 4 is 16.7 Å². The zero-order valence-corrected chi connectivity index (χ0v) is 10.8. The first-order valence-electron chi connectivity index (χ1n) is 6.17. The van der Waals surface area contributed by atoms with Crippen LogP contribution in [-0.4, -0.2) is 4.98 Å². The van der Waals surface area contributed by atoms with Crippen molar-refractivity contribution in [1.82, 2.24) is 4.98 Å². The van der Waals surface area contributed by atoms with Crippen LogP contribution in [0.3, 0.4) is 0 Å². The van der Waals surface area contributed by atoms with Crippen molar-refractivity contribution in [2.45, 2.75) is 32.9 Å². The van der Waals surface area contributed by atoms with Gasteiger partial charge in [0, 0.05) is 10.9 Å². The van der Waals surface area contributed by atoms with Gasteiger partial charge in [-0.05, 0) is 24.5 Å². The molecule has 0 spiro atoms. The van der Waals surface area contributed by atoms with Gasteiger partial charge >= 0.3 is 6.18 Å². The topological polar surface area (TPSA) is 38.9 Å². The number of aryl methyl sites for hydroxylation is 1. The summed E-state index contributed by atoms with van der Waals surface area (Å²) in [5.74, 6) is -0.0319. The number of hydrogen-bond acceptors (Lipinski definition) is 2. The van der Waals surface area contributed by atoms with Crippen LogP contribution >= 0.6 is 0 Å². The highest BCUT2D eigenvalue weighted by atomic mass is 19.4. The molecule has 19 heavy (non-hydrogen) atoms. The van der Waals surface area contributed by atoms with Crippen LogP contribution in [0, 0.1) is 0 Å². The van der Waals surface area contributed by atoms with Crippen LogP contribution in [0.25, 0.3) is 10.9 Å². The molecule has 0 aliphatic heterocycles. The smallest absolute Gasteiger partial charge is 0.383 e. The normalized spacial score (nSPS) is 12.1. The van der Waals surface area contributed by atoms with E-state index >= 15 is 0 Å². The number of nitrogen functional groups attached to an aromatic ring is 1. The molecule has 0 aliphatic rings.